The third-order valence-electron chi connectivity index (χ3n) is 3.61. The largest absolute Gasteiger partial charge is 0.355 e. The summed E-state index contributed by atoms with van der Waals surface area (Å²) in [6.07, 6.45) is 4.88. The highest BCUT2D eigenvalue weighted by atomic mass is 32.1. The molecular weight excluding hydrogens is 218 g/mol. The van der Waals surface area contributed by atoms with Gasteiger partial charge in [0.05, 0.1) is 11.2 Å². The Bertz CT molecular complexity index is 340. The van der Waals surface area contributed by atoms with Crippen molar-refractivity contribution in [3.05, 3.63) is 11.1 Å². The molecule has 4 heteroatoms. The fraction of sp³-hybridized carbons (Fsp3) is 0.750. The van der Waals surface area contributed by atoms with E-state index in [1.54, 1.807) is 11.3 Å². The summed E-state index contributed by atoms with van der Waals surface area (Å²) in [5, 5.41) is 6.67. The van der Waals surface area contributed by atoms with Crippen molar-refractivity contribution < 1.29 is 0 Å². The predicted octanol–water partition coefficient (Wildman–Crippen LogP) is 2.77. The van der Waals surface area contributed by atoms with Crippen molar-refractivity contribution in [2.24, 2.45) is 11.7 Å². The fourth-order valence-corrected chi connectivity index (χ4v) is 3.14. The van der Waals surface area contributed by atoms with Gasteiger partial charge in [0.25, 0.3) is 0 Å². The molecule has 3 N–H and O–H groups in total. The highest BCUT2D eigenvalue weighted by Gasteiger charge is 2.33. The van der Waals surface area contributed by atoms with Crippen molar-refractivity contribution in [2.75, 3.05) is 11.9 Å². The molecular formula is C12H21N3S. The Morgan fingerprint density at radius 3 is 2.75 bits per heavy atom. The summed E-state index contributed by atoms with van der Waals surface area (Å²) in [5.41, 5.74) is 7.13. The first-order chi connectivity index (χ1) is 7.63. The molecule has 0 amide bonds. The van der Waals surface area contributed by atoms with Gasteiger partial charge in [0.15, 0.2) is 5.13 Å². The van der Waals surface area contributed by atoms with E-state index in [1.807, 2.05) is 6.92 Å². The van der Waals surface area contributed by atoms with E-state index < -0.39 is 0 Å². The molecule has 2 rings (SSSR count). The maximum Gasteiger partial charge on any atom is 0.183 e. The molecule has 3 nitrogen and oxygen atoms in total. The van der Waals surface area contributed by atoms with E-state index in [4.69, 9.17) is 5.73 Å². The molecule has 1 heterocycles. The Hall–Kier alpha value is -0.610. The second-order valence-corrected chi connectivity index (χ2v) is 5.94. The van der Waals surface area contributed by atoms with Crippen LogP contribution in [0.1, 0.15) is 38.3 Å². The maximum atomic E-state index is 5.95. The van der Waals surface area contributed by atoms with E-state index in [-0.39, 0.29) is 5.54 Å². The van der Waals surface area contributed by atoms with Crippen LogP contribution in [0.4, 0.5) is 5.13 Å². The third kappa shape index (κ3) is 2.55. The highest BCUT2D eigenvalue weighted by molar-refractivity contribution is 7.13. The molecule has 0 bridgehead atoms. The molecule has 0 aromatic carbocycles. The minimum atomic E-state index is 0.0941. The summed E-state index contributed by atoms with van der Waals surface area (Å²) in [6.45, 7) is 5.06. The summed E-state index contributed by atoms with van der Waals surface area (Å²) < 4.78 is 0. The molecule has 0 aliphatic heterocycles. The number of rotatable bonds is 3. The van der Waals surface area contributed by atoms with Crippen LogP contribution in [0.25, 0.3) is 0 Å². The van der Waals surface area contributed by atoms with Gasteiger partial charge in [-0.3, -0.25) is 0 Å². The lowest BCUT2D eigenvalue weighted by Gasteiger charge is -2.39. The Balaban J connectivity index is 2.04. The zero-order chi connectivity index (χ0) is 11.6. The zero-order valence-electron chi connectivity index (χ0n) is 10.1. The minimum Gasteiger partial charge on any atom is -0.355 e. The van der Waals surface area contributed by atoms with Gasteiger partial charge in [-0.05, 0) is 38.5 Å². The lowest BCUT2D eigenvalue weighted by atomic mass is 9.77. The zero-order valence-corrected chi connectivity index (χ0v) is 10.9. The highest BCUT2D eigenvalue weighted by Crippen LogP contribution is 2.34. The number of anilines is 1. The van der Waals surface area contributed by atoms with Gasteiger partial charge < -0.3 is 11.1 Å². The van der Waals surface area contributed by atoms with Crippen LogP contribution < -0.4 is 11.1 Å². The van der Waals surface area contributed by atoms with Crippen molar-refractivity contribution in [3.8, 4) is 0 Å². The second-order valence-electron chi connectivity index (χ2n) is 5.09. The molecule has 1 aliphatic carbocycles. The predicted molar refractivity (Wildman–Crippen MR) is 69.9 cm³/mol. The molecule has 1 aromatic heterocycles. The van der Waals surface area contributed by atoms with Crippen LogP contribution in [0.2, 0.25) is 0 Å². The summed E-state index contributed by atoms with van der Waals surface area (Å²) in [5.74, 6) is 0.847. The van der Waals surface area contributed by atoms with Crippen LogP contribution in [-0.2, 0) is 0 Å². The van der Waals surface area contributed by atoms with Gasteiger partial charge in [0, 0.05) is 11.9 Å². The van der Waals surface area contributed by atoms with E-state index >= 15 is 0 Å². The van der Waals surface area contributed by atoms with Gasteiger partial charge in [-0.15, -0.1) is 11.3 Å². The Morgan fingerprint density at radius 1 is 1.56 bits per heavy atom. The van der Waals surface area contributed by atoms with Crippen LogP contribution in [0.3, 0.4) is 0 Å². The number of hydrogen-bond acceptors (Lipinski definition) is 4. The number of aryl methyl sites for hydroxylation is 1. The number of thiazole rings is 1. The molecule has 1 aliphatic rings. The second kappa shape index (κ2) is 4.72. The fourth-order valence-electron chi connectivity index (χ4n) is 2.33. The standard InChI is InChI=1S/C12H21N3S/c1-9-3-5-12(8-13,6-4-9)15-11-14-10(2)7-16-11/h7,9H,3-6,8,13H2,1-2H3,(H,14,15). The Labute approximate surface area is 101 Å². The SMILES string of the molecule is Cc1csc(NC2(CN)CCC(C)CC2)n1. The van der Waals surface area contributed by atoms with Gasteiger partial charge >= 0.3 is 0 Å². The number of hydrogen-bond donors (Lipinski definition) is 2. The summed E-state index contributed by atoms with van der Waals surface area (Å²) in [7, 11) is 0. The molecule has 90 valence electrons. The van der Waals surface area contributed by atoms with E-state index in [2.05, 4.69) is 22.6 Å². The molecule has 0 radical (unpaired) electrons. The average molecular weight is 239 g/mol. The molecule has 1 fully saturated rings. The van der Waals surface area contributed by atoms with Crippen LogP contribution in [0.15, 0.2) is 5.38 Å². The number of nitrogens with one attached hydrogen (secondary N) is 1. The molecule has 16 heavy (non-hydrogen) atoms. The van der Waals surface area contributed by atoms with Gasteiger partial charge in [-0.2, -0.15) is 0 Å². The first-order valence-corrected chi connectivity index (χ1v) is 6.92. The van der Waals surface area contributed by atoms with Crippen LogP contribution in [0, 0.1) is 12.8 Å². The third-order valence-corrected chi connectivity index (χ3v) is 4.49. The lowest BCUT2D eigenvalue weighted by Crippen LogP contribution is -2.48. The van der Waals surface area contributed by atoms with Gasteiger partial charge in [0.2, 0.25) is 0 Å². The maximum absolute atomic E-state index is 5.95. The topological polar surface area (TPSA) is 50.9 Å². The van der Waals surface area contributed by atoms with Crippen LogP contribution >= 0.6 is 11.3 Å². The minimum absolute atomic E-state index is 0.0941. The number of aromatic nitrogens is 1. The quantitative estimate of drug-likeness (QED) is 0.852. The van der Waals surface area contributed by atoms with Crippen LogP contribution in [0.5, 0.6) is 0 Å². The normalized spacial score (nSPS) is 30.3. The molecule has 1 aromatic rings. The van der Waals surface area contributed by atoms with Gasteiger partial charge in [0.1, 0.15) is 0 Å². The van der Waals surface area contributed by atoms with Crippen molar-refractivity contribution in [2.45, 2.75) is 45.1 Å². The van der Waals surface area contributed by atoms with Crippen molar-refractivity contribution in [1.82, 2.24) is 4.98 Å². The molecule has 0 spiro atoms. The van der Waals surface area contributed by atoms with Crippen molar-refractivity contribution >= 4 is 16.5 Å². The van der Waals surface area contributed by atoms with Gasteiger partial charge in [-0.25, -0.2) is 4.98 Å². The van der Waals surface area contributed by atoms with Crippen molar-refractivity contribution in [1.29, 1.82) is 0 Å². The van der Waals surface area contributed by atoms with Gasteiger partial charge in [-0.1, -0.05) is 6.92 Å². The molecule has 1 saturated carbocycles. The van der Waals surface area contributed by atoms with Crippen LogP contribution in [-0.4, -0.2) is 17.1 Å². The Morgan fingerprint density at radius 2 is 2.25 bits per heavy atom. The van der Waals surface area contributed by atoms with E-state index in [1.165, 1.54) is 25.7 Å². The summed E-state index contributed by atoms with van der Waals surface area (Å²) >= 11 is 1.68. The number of nitrogens with zero attached hydrogens (tertiary/aromatic N) is 1. The monoisotopic (exact) mass is 239 g/mol. The Kier molecular flexibility index (Phi) is 3.50. The summed E-state index contributed by atoms with van der Waals surface area (Å²) in [4.78, 5) is 4.47. The first-order valence-electron chi connectivity index (χ1n) is 6.04. The number of nitrogens with two attached hydrogens (primary N) is 1. The van der Waals surface area contributed by atoms with Crippen molar-refractivity contribution in [3.63, 3.8) is 0 Å². The van der Waals surface area contributed by atoms with E-state index in [0.29, 0.717) is 6.54 Å². The first kappa shape index (κ1) is 11.9. The molecule has 0 unspecified atom stereocenters. The smallest absolute Gasteiger partial charge is 0.183 e. The molecule has 0 saturated heterocycles. The molecule has 0 atom stereocenters. The summed E-state index contributed by atoms with van der Waals surface area (Å²) in [6, 6.07) is 0. The van der Waals surface area contributed by atoms with E-state index in [9.17, 15) is 0 Å². The average Bonchev–Trinajstić information content (AvgIpc) is 2.68. The van der Waals surface area contributed by atoms with E-state index in [0.717, 1.165) is 16.7 Å². The lowest BCUT2D eigenvalue weighted by molar-refractivity contribution is 0.271.